The van der Waals surface area contributed by atoms with Crippen LogP contribution in [0.1, 0.15) is 25.1 Å². The molecule has 2 aliphatic rings. The average molecular weight is 391 g/mol. The molecule has 0 saturated carbocycles. The van der Waals surface area contributed by atoms with Crippen molar-refractivity contribution in [1.82, 2.24) is 29.0 Å². The van der Waals surface area contributed by atoms with Crippen molar-refractivity contribution in [2.45, 2.75) is 31.6 Å². The maximum absolute atomic E-state index is 13.5. The molecule has 2 aliphatic heterocycles. The Kier molecular flexibility index (Phi) is 3.71. The van der Waals surface area contributed by atoms with E-state index in [1.807, 2.05) is 29.7 Å². The minimum absolute atomic E-state index is 0.228. The monoisotopic (exact) mass is 391 g/mol. The molecule has 7 nitrogen and oxygen atoms in total. The molecule has 0 amide bonds. The van der Waals surface area contributed by atoms with Gasteiger partial charge in [0.05, 0.1) is 24.1 Å². The molecule has 0 aromatic carbocycles. The lowest BCUT2D eigenvalue weighted by Crippen LogP contribution is -2.46. The molecule has 3 aromatic rings. The molecule has 0 aliphatic carbocycles. The summed E-state index contributed by atoms with van der Waals surface area (Å²) in [6.07, 6.45) is 2.31. The van der Waals surface area contributed by atoms with Gasteiger partial charge in [-0.1, -0.05) is 0 Å². The van der Waals surface area contributed by atoms with Crippen LogP contribution in [0.3, 0.4) is 0 Å². The van der Waals surface area contributed by atoms with E-state index in [-0.39, 0.29) is 17.7 Å². The Balaban J connectivity index is 1.62. The predicted octanol–water partition coefficient (Wildman–Crippen LogP) is 2.70. The summed E-state index contributed by atoms with van der Waals surface area (Å²) in [7, 11) is 2.04. The van der Waals surface area contributed by atoms with Crippen molar-refractivity contribution in [3.05, 3.63) is 30.5 Å². The smallest absolute Gasteiger partial charge is 0.351 e. The molecule has 1 atom stereocenters. The Hall–Kier alpha value is -2.62. The molecule has 0 unspecified atom stereocenters. The van der Waals surface area contributed by atoms with Gasteiger partial charge in [-0.2, -0.15) is 18.3 Å². The Morgan fingerprint density at radius 2 is 1.93 bits per heavy atom. The highest BCUT2D eigenvalue weighted by atomic mass is 19.4. The van der Waals surface area contributed by atoms with Crippen LogP contribution in [0.15, 0.2) is 24.8 Å². The summed E-state index contributed by atoms with van der Waals surface area (Å²) in [5.41, 5.74) is 0.598. The largest absolute Gasteiger partial charge is 0.433 e. The van der Waals surface area contributed by atoms with E-state index < -0.39 is 11.9 Å². The van der Waals surface area contributed by atoms with Crippen molar-refractivity contribution >= 4 is 11.5 Å². The summed E-state index contributed by atoms with van der Waals surface area (Å²) in [5, 5.41) is 4.40. The molecular weight excluding hydrogens is 371 g/mol. The number of likely N-dealkylation sites (tertiary alicyclic amines) is 1. The molecule has 28 heavy (non-hydrogen) atoms. The van der Waals surface area contributed by atoms with E-state index in [2.05, 4.69) is 20.0 Å². The number of rotatable bonds is 3. The van der Waals surface area contributed by atoms with Crippen molar-refractivity contribution in [1.29, 1.82) is 0 Å². The number of anilines is 1. The lowest BCUT2D eigenvalue weighted by Gasteiger charge is -2.39. The van der Waals surface area contributed by atoms with Gasteiger partial charge in [0.2, 0.25) is 0 Å². The van der Waals surface area contributed by atoms with Crippen LogP contribution in [0.5, 0.6) is 0 Å². The third kappa shape index (κ3) is 2.66. The number of hydrogen-bond donors (Lipinski definition) is 0. The molecule has 0 N–H and O–H groups in total. The molecule has 2 fully saturated rings. The second-order valence-corrected chi connectivity index (χ2v) is 7.70. The topological polar surface area (TPSA) is 54.5 Å². The quantitative estimate of drug-likeness (QED) is 0.687. The molecule has 10 heteroatoms. The van der Waals surface area contributed by atoms with Gasteiger partial charge in [-0.3, -0.25) is 9.08 Å². The summed E-state index contributed by atoms with van der Waals surface area (Å²) in [6.45, 7) is 4.61. The lowest BCUT2D eigenvalue weighted by atomic mass is 10.1. The highest BCUT2D eigenvalue weighted by Crippen LogP contribution is 2.35. The minimum Gasteiger partial charge on any atom is -0.351 e. The van der Waals surface area contributed by atoms with E-state index in [0.29, 0.717) is 17.1 Å². The number of hydrogen-bond acceptors (Lipinski definition) is 5. The van der Waals surface area contributed by atoms with E-state index in [1.165, 1.54) is 6.20 Å². The third-order valence-corrected chi connectivity index (χ3v) is 5.67. The van der Waals surface area contributed by atoms with Crippen LogP contribution >= 0.6 is 0 Å². The first kappa shape index (κ1) is 17.5. The van der Waals surface area contributed by atoms with Gasteiger partial charge in [-0.25, -0.2) is 9.97 Å². The Morgan fingerprint density at radius 3 is 2.54 bits per heavy atom. The zero-order valence-electron chi connectivity index (χ0n) is 15.6. The summed E-state index contributed by atoms with van der Waals surface area (Å²) in [6, 6.07) is 0.516. The zero-order chi connectivity index (χ0) is 19.6. The molecule has 3 aromatic heterocycles. The molecule has 5 rings (SSSR count). The van der Waals surface area contributed by atoms with Gasteiger partial charge in [-0.15, -0.1) is 0 Å². The number of fused-ring (bicyclic) bond motifs is 1. The van der Waals surface area contributed by atoms with Crippen molar-refractivity contribution in [3.63, 3.8) is 0 Å². The Morgan fingerprint density at radius 1 is 1.14 bits per heavy atom. The fraction of sp³-hybridized carbons (Fsp3) is 0.500. The van der Waals surface area contributed by atoms with Gasteiger partial charge in [0.15, 0.2) is 11.5 Å². The summed E-state index contributed by atoms with van der Waals surface area (Å²) >= 11 is 0. The summed E-state index contributed by atoms with van der Waals surface area (Å²) in [4.78, 5) is 12.9. The van der Waals surface area contributed by atoms with Gasteiger partial charge < -0.3 is 9.80 Å². The maximum Gasteiger partial charge on any atom is 0.433 e. The van der Waals surface area contributed by atoms with Crippen molar-refractivity contribution in [2.75, 3.05) is 31.6 Å². The highest BCUT2D eigenvalue weighted by Gasteiger charge is 2.37. The predicted molar refractivity (Wildman–Crippen MR) is 97.2 cm³/mol. The molecule has 0 bridgehead atoms. The number of imidazole rings is 1. The number of alkyl halides is 3. The van der Waals surface area contributed by atoms with Gasteiger partial charge in [0.1, 0.15) is 5.69 Å². The first-order valence-corrected chi connectivity index (χ1v) is 9.26. The van der Waals surface area contributed by atoms with Gasteiger partial charge in [-0.05, 0) is 20.4 Å². The summed E-state index contributed by atoms with van der Waals surface area (Å²) < 4.78 is 43.4. The fourth-order valence-corrected chi connectivity index (χ4v) is 3.85. The van der Waals surface area contributed by atoms with E-state index in [9.17, 15) is 13.2 Å². The zero-order valence-corrected chi connectivity index (χ0v) is 15.6. The van der Waals surface area contributed by atoms with Gasteiger partial charge in [0, 0.05) is 43.6 Å². The number of likely N-dealkylation sites (N-methyl/N-ethyl adjacent to an activating group) is 1. The standard InChI is InChI=1S/C18H20F3N7/c1-11-3-4-26(11)17-16-22-6-15(18(19,20)21)27(16)10-14(24-17)12-5-23-28(7-12)13-8-25(2)9-13/h5-7,10-11,13H,3-4,8-9H2,1-2H3/t11-/m0/s1. The van der Waals surface area contributed by atoms with E-state index in [0.717, 1.165) is 36.7 Å². The fourth-order valence-electron chi connectivity index (χ4n) is 3.85. The van der Waals surface area contributed by atoms with Gasteiger partial charge >= 0.3 is 6.18 Å². The molecule has 0 radical (unpaired) electrons. The lowest BCUT2D eigenvalue weighted by molar-refractivity contribution is -0.141. The van der Waals surface area contributed by atoms with Crippen LogP contribution < -0.4 is 4.90 Å². The maximum atomic E-state index is 13.5. The molecule has 148 valence electrons. The molecule has 5 heterocycles. The Bertz CT molecular complexity index is 1030. The third-order valence-electron chi connectivity index (χ3n) is 5.67. The van der Waals surface area contributed by atoms with Crippen molar-refractivity contribution in [3.8, 4) is 11.3 Å². The van der Waals surface area contributed by atoms with Crippen LogP contribution in [-0.4, -0.2) is 61.8 Å². The first-order chi connectivity index (χ1) is 13.3. The normalized spacial score (nSPS) is 21.2. The number of nitrogens with zero attached hydrogens (tertiary/aromatic N) is 7. The molecule has 2 saturated heterocycles. The van der Waals surface area contributed by atoms with Crippen molar-refractivity contribution < 1.29 is 13.2 Å². The van der Waals surface area contributed by atoms with Crippen molar-refractivity contribution in [2.24, 2.45) is 0 Å². The average Bonchev–Trinajstić information content (AvgIpc) is 3.24. The second kappa shape index (κ2) is 5.94. The first-order valence-electron chi connectivity index (χ1n) is 9.26. The van der Waals surface area contributed by atoms with Gasteiger partial charge in [0.25, 0.3) is 0 Å². The molecular formula is C18H20F3N7. The number of halogens is 3. The van der Waals surface area contributed by atoms with Crippen LogP contribution in [0.2, 0.25) is 0 Å². The van der Waals surface area contributed by atoms with Crippen LogP contribution in [0.4, 0.5) is 19.0 Å². The molecule has 0 spiro atoms. The Labute approximate surface area is 159 Å². The SMILES string of the molecule is C[C@H]1CCN1c1nc(-c2cnn(C3CN(C)C3)c2)cn2c(C(F)(F)F)cnc12. The van der Waals surface area contributed by atoms with E-state index in [1.54, 1.807) is 6.20 Å². The minimum atomic E-state index is -4.49. The van der Waals surface area contributed by atoms with Crippen LogP contribution in [0, 0.1) is 0 Å². The summed E-state index contributed by atoms with van der Waals surface area (Å²) in [5.74, 6) is 0.489. The van der Waals surface area contributed by atoms with E-state index >= 15 is 0 Å². The second-order valence-electron chi connectivity index (χ2n) is 7.70. The number of aromatic nitrogens is 5. The van der Waals surface area contributed by atoms with E-state index in [4.69, 9.17) is 0 Å². The van der Waals surface area contributed by atoms with Crippen LogP contribution in [-0.2, 0) is 6.18 Å². The van der Waals surface area contributed by atoms with Crippen LogP contribution in [0.25, 0.3) is 16.9 Å². The highest BCUT2D eigenvalue weighted by molar-refractivity contribution is 5.71.